The molecule has 10 nitrogen and oxygen atoms in total. The first-order chi connectivity index (χ1) is 27.2. The van der Waals surface area contributed by atoms with Crippen molar-refractivity contribution < 1.29 is 27.0 Å². The fraction of sp³-hybridized carbons (Fsp3) is 0.182. The lowest BCUT2D eigenvalue weighted by molar-refractivity contribution is 0.226. The largest absolute Gasteiger partial charge is 0.497 e. The summed E-state index contributed by atoms with van der Waals surface area (Å²) in [7, 11) is -0.924. The molecule has 0 fully saturated rings. The van der Waals surface area contributed by atoms with E-state index in [0.29, 0.717) is 58.3 Å². The van der Waals surface area contributed by atoms with Gasteiger partial charge in [0, 0.05) is 49.5 Å². The highest BCUT2D eigenvalue weighted by atomic mass is 32.2. The molecule has 1 atom stereocenters. The van der Waals surface area contributed by atoms with Gasteiger partial charge in [0.15, 0.2) is 11.6 Å². The van der Waals surface area contributed by atoms with Gasteiger partial charge in [-0.15, -0.1) is 0 Å². The summed E-state index contributed by atoms with van der Waals surface area (Å²) in [5.74, 6) is 2.03. The summed E-state index contributed by atoms with van der Waals surface area (Å²) < 4.78 is 64.7. The molecule has 0 amide bonds. The smallest absolute Gasteiger partial charge is 0.243 e. The van der Waals surface area contributed by atoms with Crippen LogP contribution in [0.25, 0.3) is 16.6 Å². The second kappa shape index (κ2) is 15.5. The van der Waals surface area contributed by atoms with E-state index in [-0.39, 0.29) is 23.8 Å². The van der Waals surface area contributed by atoms with Gasteiger partial charge >= 0.3 is 0 Å². The molecule has 0 spiro atoms. The minimum absolute atomic E-state index is 0.0924. The zero-order valence-electron chi connectivity index (χ0n) is 31.2. The Morgan fingerprint density at radius 2 is 1.43 bits per heavy atom. The number of pyridine rings is 1. The minimum Gasteiger partial charge on any atom is -0.497 e. The molecule has 0 saturated heterocycles. The Balaban J connectivity index is 1.18. The van der Waals surface area contributed by atoms with Crippen molar-refractivity contribution in [2.75, 3.05) is 19.1 Å². The molecule has 56 heavy (non-hydrogen) atoms. The molecular weight excluding hydrogens is 730 g/mol. The SMILES string of the molecule is COc1ccc(CN(Cc2ccc(OC)cc2)S(=O)(=O)c2ccc(-n3cccn3)c(C(C)Oc3cc4cc(F)ccc4nc3N3Cc4ccccc4C3)c2)cc1. The minimum atomic E-state index is -4.11. The summed E-state index contributed by atoms with van der Waals surface area (Å²) in [4.78, 5) is 7.21. The fourth-order valence-corrected chi connectivity index (χ4v) is 8.50. The molecule has 0 N–H and O–H groups in total. The van der Waals surface area contributed by atoms with Gasteiger partial charge in [-0.2, -0.15) is 9.40 Å². The Labute approximate surface area is 325 Å². The average Bonchev–Trinajstić information content (AvgIpc) is 3.92. The van der Waals surface area contributed by atoms with Crippen LogP contribution in [0.2, 0.25) is 0 Å². The maximum absolute atomic E-state index is 14.8. The first-order valence-electron chi connectivity index (χ1n) is 18.2. The number of rotatable bonds is 13. The van der Waals surface area contributed by atoms with Gasteiger partial charge in [0.2, 0.25) is 10.0 Å². The first-order valence-corrected chi connectivity index (χ1v) is 19.6. The number of hydrogen-bond donors (Lipinski definition) is 0. The lowest BCUT2D eigenvalue weighted by atomic mass is 10.1. The van der Waals surface area contributed by atoms with Gasteiger partial charge in [-0.1, -0.05) is 48.5 Å². The molecule has 284 valence electrons. The van der Waals surface area contributed by atoms with Gasteiger partial charge in [0.25, 0.3) is 0 Å². The topological polar surface area (TPSA) is 99.0 Å². The normalized spacial score (nSPS) is 13.2. The molecule has 2 aromatic heterocycles. The van der Waals surface area contributed by atoms with E-state index < -0.39 is 16.1 Å². The quantitative estimate of drug-likeness (QED) is 0.115. The molecule has 3 heterocycles. The van der Waals surface area contributed by atoms with E-state index in [9.17, 15) is 12.8 Å². The lowest BCUT2D eigenvalue weighted by Crippen LogP contribution is -2.30. The second-order valence-corrected chi connectivity index (χ2v) is 15.6. The predicted molar refractivity (Wildman–Crippen MR) is 213 cm³/mol. The Morgan fingerprint density at radius 3 is 2.02 bits per heavy atom. The zero-order valence-corrected chi connectivity index (χ0v) is 32.0. The molecule has 0 aliphatic carbocycles. The summed E-state index contributed by atoms with van der Waals surface area (Å²) in [5.41, 5.74) is 5.85. The third-order valence-corrected chi connectivity index (χ3v) is 11.8. The number of methoxy groups -OCH3 is 2. The molecule has 1 aliphatic heterocycles. The third kappa shape index (κ3) is 7.53. The number of halogens is 1. The number of sulfonamides is 1. The summed E-state index contributed by atoms with van der Waals surface area (Å²) >= 11 is 0. The molecule has 1 unspecified atom stereocenters. The van der Waals surface area contributed by atoms with E-state index in [2.05, 4.69) is 22.1 Å². The molecule has 0 saturated carbocycles. The molecule has 0 bridgehead atoms. The van der Waals surface area contributed by atoms with Crippen molar-refractivity contribution >= 4 is 26.7 Å². The van der Waals surface area contributed by atoms with Crippen molar-refractivity contribution in [3.8, 4) is 22.9 Å². The molecule has 12 heteroatoms. The van der Waals surface area contributed by atoms with Crippen LogP contribution in [0.5, 0.6) is 17.2 Å². The molecule has 0 radical (unpaired) electrons. The van der Waals surface area contributed by atoms with Crippen LogP contribution in [-0.2, 0) is 36.2 Å². The van der Waals surface area contributed by atoms with Gasteiger partial charge in [0.1, 0.15) is 23.4 Å². The number of ether oxygens (including phenoxy) is 3. The van der Waals surface area contributed by atoms with Crippen LogP contribution < -0.4 is 19.1 Å². The van der Waals surface area contributed by atoms with Crippen LogP contribution in [0.1, 0.15) is 40.8 Å². The summed E-state index contributed by atoms with van der Waals surface area (Å²) in [6, 6.07) is 36.0. The summed E-state index contributed by atoms with van der Waals surface area (Å²) in [5, 5.41) is 5.06. The van der Waals surface area contributed by atoms with Gasteiger partial charge in [-0.3, -0.25) is 0 Å². The van der Waals surface area contributed by atoms with Crippen molar-refractivity contribution in [1.29, 1.82) is 0 Å². The van der Waals surface area contributed by atoms with Crippen molar-refractivity contribution in [2.45, 2.75) is 44.1 Å². The van der Waals surface area contributed by atoms with E-state index in [0.717, 1.165) is 11.1 Å². The van der Waals surface area contributed by atoms with E-state index in [1.54, 1.807) is 67.7 Å². The van der Waals surface area contributed by atoms with Crippen LogP contribution in [0.15, 0.2) is 139 Å². The number of hydrogen-bond acceptors (Lipinski definition) is 8. The molecular formula is C44H40FN5O5S. The fourth-order valence-electron chi connectivity index (χ4n) is 7.05. The highest BCUT2D eigenvalue weighted by Gasteiger charge is 2.29. The van der Waals surface area contributed by atoms with Crippen LogP contribution in [0.3, 0.4) is 0 Å². The van der Waals surface area contributed by atoms with Crippen molar-refractivity contribution in [2.24, 2.45) is 0 Å². The van der Waals surface area contributed by atoms with Crippen LogP contribution in [-0.4, -0.2) is 41.7 Å². The van der Waals surface area contributed by atoms with Gasteiger partial charge < -0.3 is 19.1 Å². The van der Waals surface area contributed by atoms with Gasteiger partial charge in [0.05, 0.1) is 30.3 Å². The van der Waals surface area contributed by atoms with Crippen LogP contribution in [0.4, 0.5) is 10.2 Å². The number of anilines is 1. The summed E-state index contributed by atoms with van der Waals surface area (Å²) in [6.45, 7) is 3.35. The molecule has 5 aromatic carbocycles. The van der Waals surface area contributed by atoms with E-state index in [4.69, 9.17) is 19.2 Å². The Kier molecular flexibility index (Phi) is 10.2. The Bertz CT molecular complexity index is 2530. The monoisotopic (exact) mass is 769 g/mol. The van der Waals surface area contributed by atoms with Crippen LogP contribution in [0, 0.1) is 5.82 Å². The number of nitrogens with zero attached hydrogens (tertiary/aromatic N) is 5. The van der Waals surface area contributed by atoms with Gasteiger partial charge in [-0.25, -0.2) is 22.5 Å². The molecule has 8 rings (SSSR count). The highest BCUT2D eigenvalue weighted by molar-refractivity contribution is 7.89. The number of benzene rings is 5. The number of aromatic nitrogens is 3. The molecule has 1 aliphatic rings. The van der Waals surface area contributed by atoms with E-state index in [1.165, 1.54) is 27.6 Å². The molecule has 7 aromatic rings. The third-order valence-electron chi connectivity index (χ3n) is 10.0. The van der Waals surface area contributed by atoms with E-state index in [1.807, 2.05) is 67.6 Å². The second-order valence-electron chi connectivity index (χ2n) is 13.7. The lowest BCUT2D eigenvalue weighted by Gasteiger charge is -2.26. The average molecular weight is 770 g/mol. The van der Waals surface area contributed by atoms with Crippen molar-refractivity contribution in [3.63, 3.8) is 0 Å². The predicted octanol–water partition coefficient (Wildman–Crippen LogP) is 8.63. The standard InChI is InChI=1S/C44H40FN5O5S/c1-30(55-43-24-35-23-36(45)13-19-41(35)47-44(43)48-28-33-7-4-5-8-34(33)29-48)40-25-39(18-20-42(40)50-22-6-21-46-50)56(51,52)49(26-31-9-14-37(53-2)15-10-31)27-32-11-16-38(54-3)17-12-32/h4-25,30H,26-29H2,1-3H3. The van der Waals surface area contributed by atoms with E-state index >= 15 is 0 Å². The van der Waals surface area contributed by atoms with Crippen molar-refractivity contribution in [3.05, 3.63) is 167 Å². The first kappa shape index (κ1) is 36.7. The highest BCUT2D eigenvalue weighted by Crippen LogP contribution is 2.39. The Morgan fingerprint density at radius 1 is 0.786 bits per heavy atom. The summed E-state index contributed by atoms with van der Waals surface area (Å²) in [6.07, 6.45) is 2.76. The zero-order chi connectivity index (χ0) is 38.8. The van der Waals surface area contributed by atoms with Crippen LogP contribution >= 0.6 is 0 Å². The Hall–Kier alpha value is -6.24. The number of fused-ring (bicyclic) bond motifs is 2. The van der Waals surface area contributed by atoms with Gasteiger partial charge in [-0.05, 0) is 102 Å². The maximum Gasteiger partial charge on any atom is 0.243 e. The van der Waals surface area contributed by atoms with Crippen molar-refractivity contribution in [1.82, 2.24) is 19.1 Å². The maximum atomic E-state index is 14.8.